The molecular formula is C11H20ClN3O2. The van der Waals surface area contributed by atoms with Crippen molar-refractivity contribution in [2.75, 3.05) is 6.54 Å². The highest BCUT2D eigenvalue weighted by Gasteiger charge is 2.13. The van der Waals surface area contributed by atoms with Crippen molar-refractivity contribution < 1.29 is 9.32 Å². The Balaban J connectivity index is 0.00000256. The van der Waals surface area contributed by atoms with Crippen LogP contribution in [0.1, 0.15) is 37.3 Å². The number of hydrogen-bond acceptors (Lipinski definition) is 4. The van der Waals surface area contributed by atoms with E-state index in [-0.39, 0.29) is 18.3 Å². The molecule has 3 N–H and O–H groups in total. The summed E-state index contributed by atoms with van der Waals surface area (Å²) in [6.07, 6.45) is 1.95. The normalized spacial score (nSPS) is 9.82. The Morgan fingerprint density at radius 3 is 2.65 bits per heavy atom. The molecule has 0 fully saturated rings. The van der Waals surface area contributed by atoms with Gasteiger partial charge in [-0.05, 0) is 6.42 Å². The van der Waals surface area contributed by atoms with Gasteiger partial charge in [0.2, 0.25) is 5.91 Å². The van der Waals surface area contributed by atoms with Gasteiger partial charge in [0.15, 0.2) is 0 Å². The van der Waals surface area contributed by atoms with Gasteiger partial charge in [-0.2, -0.15) is 0 Å². The molecule has 1 heterocycles. The molecule has 0 atom stereocenters. The number of rotatable bonds is 6. The van der Waals surface area contributed by atoms with Gasteiger partial charge in [0.1, 0.15) is 5.76 Å². The zero-order chi connectivity index (χ0) is 12.0. The molecule has 98 valence electrons. The lowest BCUT2D eigenvalue weighted by Crippen LogP contribution is -2.25. The van der Waals surface area contributed by atoms with E-state index < -0.39 is 0 Å². The highest BCUT2D eigenvalue weighted by atomic mass is 35.5. The number of carbonyl (C=O) groups excluding carboxylic acids is 1. The average Bonchev–Trinajstić information content (AvgIpc) is 2.68. The Morgan fingerprint density at radius 2 is 2.12 bits per heavy atom. The Labute approximate surface area is 108 Å². The first-order chi connectivity index (χ1) is 7.72. The molecule has 0 aromatic carbocycles. The average molecular weight is 262 g/mol. The molecule has 1 rings (SSSR count). The van der Waals surface area contributed by atoms with Crippen molar-refractivity contribution in [1.29, 1.82) is 0 Å². The van der Waals surface area contributed by atoms with E-state index in [1.165, 1.54) is 0 Å². The number of carbonyl (C=O) groups is 1. The number of halogens is 1. The van der Waals surface area contributed by atoms with Crippen molar-refractivity contribution in [2.24, 2.45) is 5.73 Å². The third-order valence-electron chi connectivity index (χ3n) is 2.44. The van der Waals surface area contributed by atoms with Crippen LogP contribution < -0.4 is 11.1 Å². The lowest BCUT2D eigenvalue weighted by molar-refractivity contribution is -0.121. The van der Waals surface area contributed by atoms with Crippen LogP contribution in [0.25, 0.3) is 0 Å². The largest absolute Gasteiger partial charge is 0.361 e. The topological polar surface area (TPSA) is 81.2 Å². The summed E-state index contributed by atoms with van der Waals surface area (Å²) in [6.45, 7) is 4.87. The zero-order valence-electron chi connectivity index (χ0n) is 10.3. The van der Waals surface area contributed by atoms with Gasteiger partial charge < -0.3 is 15.6 Å². The predicted molar refractivity (Wildman–Crippen MR) is 68.0 cm³/mol. The van der Waals surface area contributed by atoms with E-state index in [0.717, 1.165) is 29.9 Å². The van der Waals surface area contributed by atoms with Crippen molar-refractivity contribution in [1.82, 2.24) is 10.5 Å². The fourth-order valence-corrected chi connectivity index (χ4v) is 1.54. The summed E-state index contributed by atoms with van der Waals surface area (Å²) in [4.78, 5) is 11.3. The molecule has 0 unspecified atom stereocenters. The quantitative estimate of drug-likeness (QED) is 0.806. The molecule has 0 aliphatic heterocycles. The van der Waals surface area contributed by atoms with E-state index in [9.17, 15) is 4.79 Å². The Bertz CT molecular complexity index is 331. The van der Waals surface area contributed by atoms with Gasteiger partial charge in [0.05, 0.1) is 5.69 Å². The van der Waals surface area contributed by atoms with Gasteiger partial charge >= 0.3 is 0 Å². The fraction of sp³-hybridized carbons (Fsp3) is 0.636. The maximum absolute atomic E-state index is 11.3. The molecule has 6 heteroatoms. The summed E-state index contributed by atoms with van der Waals surface area (Å²) >= 11 is 0. The van der Waals surface area contributed by atoms with Gasteiger partial charge in [-0.3, -0.25) is 4.79 Å². The molecule has 0 saturated heterocycles. The minimum atomic E-state index is -0.0344. The maximum Gasteiger partial charge on any atom is 0.221 e. The van der Waals surface area contributed by atoms with Crippen LogP contribution in [0.5, 0.6) is 0 Å². The number of nitrogens with one attached hydrogen (secondary N) is 1. The van der Waals surface area contributed by atoms with Crippen LogP contribution >= 0.6 is 12.4 Å². The Morgan fingerprint density at radius 1 is 1.41 bits per heavy atom. The fourth-order valence-electron chi connectivity index (χ4n) is 1.54. The SMILES string of the molecule is CCc1noc(CC)c1CNC(=O)CCN.Cl. The summed E-state index contributed by atoms with van der Waals surface area (Å²) < 4.78 is 5.20. The van der Waals surface area contributed by atoms with Crippen molar-refractivity contribution in [2.45, 2.75) is 39.7 Å². The van der Waals surface area contributed by atoms with Crippen molar-refractivity contribution in [3.05, 3.63) is 17.0 Å². The van der Waals surface area contributed by atoms with E-state index in [4.69, 9.17) is 10.3 Å². The highest BCUT2D eigenvalue weighted by molar-refractivity contribution is 5.85. The first kappa shape index (κ1) is 15.9. The second-order valence-corrected chi connectivity index (χ2v) is 3.55. The van der Waals surface area contributed by atoms with Crippen molar-refractivity contribution >= 4 is 18.3 Å². The van der Waals surface area contributed by atoms with Crippen LogP contribution in [0.4, 0.5) is 0 Å². The van der Waals surface area contributed by atoms with E-state index in [1.54, 1.807) is 0 Å². The van der Waals surface area contributed by atoms with E-state index in [0.29, 0.717) is 19.5 Å². The van der Waals surface area contributed by atoms with Gasteiger partial charge in [-0.1, -0.05) is 19.0 Å². The monoisotopic (exact) mass is 261 g/mol. The van der Waals surface area contributed by atoms with Crippen LogP contribution in [-0.4, -0.2) is 17.6 Å². The smallest absolute Gasteiger partial charge is 0.221 e. The van der Waals surface area contributed by atoms with Gasteiger partial charge in [0.25, 0.3) is 0 Å². The Kier molecular flexibility index (Phi) is 7.58. The third-order valence-corrected chi connectivity index (χ3v) is 2.44. The second-order valence-electron chi connectivity index (χ2n) is 3.55. The van der Waals surface area contributed by atoms with Crippen molar-refractivity contribution in [3.8, 4) is 0 Å². The van der Waals surface area contributed by atoms with E-state index in [2.05, 4.69) is 10.5 Å². The molecule has 0 bridgehead atoms. The molecule has 17 heavy (non-hydrogen) atoms. The molecule has 1 aromatic rings. The Hall–Kier alpha value is -1.07. The third kappa shape index (κ3) is 4.36. The first-order valence-corrected chi connectivity index (χ1v) is 5.65. The molecule has 0 aliphatic carbocycles. The lowest BCUT2D eigenvalue weighted by atomic mass is 10.1. The molecule has 0 saturated carbocycles. The summed E-state index contributed by atoms with van der Waals surface area (Å²) in [5.74, 6) is 0.817. The summed E-state index contributed by atoms with van der Waals surface area (Å²) in [7, 11) is 0. The molecule has 0 spiro atoms. The van der Waals surface area contributed by atoms with Crippen LogP contribution in [0, 0.1) is 0 Å². The maximum atomic E-state index is 11.3. The molecule has 1 aromatic heterocycles. The number of nitrogens with zero attached hydrogens (tertiary/aromatic N) is 1. The standard InChI is InChI=1S/C11H19N3O2.ClH/c1-3-9-8(10(4-2)16-14-9)7-13-11(15)5-6-12;/h3-7,12H2,1-2H3,(H,13,15);1H. The zero-order valence-corrected chi connectivity index (χ0v) is 11.1. The van der Waals surface area contributed by atoms with Crippen LogP contribution in [0.2, 0.25) is 0 Å². The number of amides is 1. The van der Waals surface area contributed by atoms with Crippen molar-refractivity contribution in [3.63, 3.8) is 0 Å². The van der Waals surface area contributed by atoms with Gasteiger partial charge in [0, 0.05) is 31.5 Å². The molecular weight excluding hydrogens is 242 g/mol. The number of nitrogens with two attached hydrogens (primary N) is 1. The minimum absolute atomic E-state index is 0. The molecule has 0 aliphatic rings. The minimum Gasteiger partial charge on any atom is -0.361 e. The number of hydrogen-bond donors (Lipinski definition) is 2. The van der Waals surface area contributed by atoms with Gasteiger partial charge in [-0.15, -0.1) is 12.4 Å². The van der Waals surface area contributed by atoms with E-state index in [1.807, 2.05) is 13.8 Å². The predicted octanol–water partition coefficient (Wildman–Crippen LogP) is 1.19. The first-order valence-electron chi connectivity index (χ1n) is 5.65. The lowest BCUT2D eigenvalue weighted by Gasteiger charge is -2.04. The number of aryl methyl sites for hydroxylation is 2. The number of aromatic nitrogens is 1. The summed E-state index contributed by atoms with van der Waals surface area (Å²) in [5, 5.41) is 6.79. The van der Waals surface area contributed by atoms with Crippen LogP contribution in [0.3, 0.4) is 0 Å². The van der Waals surface area contributed by atoms with Crippen LogP contribution in [0.15, 0.2) is 4.52 Å². The summed E-state index contributed by atoms with van der Waals surface area (Å²) in [5.41, 5.74) is 7.23. The molecule has 1 amide bonds. The molecule has 0 radical (unpaired) electrons. The highest BCUT2D eigenvalue weighted by Crippen LogP contribution is 2.15. The summed E-state index contributed by atoms with van der Waals surface area (Å²) in [6, 6.07) is 0. The second kappa shape index (κ2) is 8.08. The van der Waals surface area contributed by atoms with E-state index >= 15 is 0 Å². The van der Waals surface area contributed by atoms with Gasteiger partial charge in [-0.25, -0.2) is 0 Å². The van der Waals surface area contributed by atoms with Crippen LogP contribution in [-0.2, 0) is 24.2 Å². The molecule has 5 nitrogen and oxygen atoms in total.